The third-order valence-corrected chi connectivity index (χ3v) is 2.18. The number of aliphatic imine (C=N–C) groups is 1. The van der Waals surface area contributed by atoms with Gasteiger partial charge in [0.05, 0.1) is 11.3 Å². The summed E-state index contributed by atoms with van der Waals surface area (Å²) in [5.74, 6) is -1.79. The van der Waals surface area contributed by atoms with Crippen molar-refractivity contribution in [2.75, 3.05) is 0 Å². The third kappa shape index (κ3) is 1.77. The number of amides is 1. The first kappa shape index (κ1) is 9.89. The molecule has 0 radical (unpaired) electrons. The van der Waals surface area contributed by atoms with Gasteiger partial charge in [0.25, 0.3) is 5.91 Å². The van der Waals surface area contributed by atoms with Crippen molar-refractivity contribution >= 4 is 11.6 Å². The van der Waals surface area contributed by atoms with Crippen LogP contribution in [0.25, 0.3) is 0 Å². The number of nitrogens with zero attached hydrogens (tertiary/aromatic N) is 1. The maximum atomic E-state index is 12.6. The van der Waals surface area contributed by atoms with Crippen LogP contribution in [0.3, 0.4) is 0 Å². The number of dihydropyridines is 1. The van der Waals surface area contributed by atoms with E-state index in [4.69, 9.17) is 0 Å². The van der Waals surface area contributed by atoms with Crippen LogP contribution in [-0.4, -0.2) is 17.8 Å². The van der Waals surface area contributed by atoms with Crippen LogP contribution in [0.2, 0.25) is 0 Å². The zero-order valence-corrected chi connectivity index (χ0v) is 7.45. The average molecular weight is 213 g/mol. The lowest BCUT2D eigenvalue weighted by atomic mass is 9.88. The molecule has 0 fully saturated rings. The topological polar surface area (TPSA) is 29.4 Å². The van der Waals surface area contributed by atoms with Gasteiger partial charge in [-0.15, -0.1) is 0 Å². The van der Waals surface area contributed by atoms with E-state index in [2.05, 4.69) is 4.99 Å². The summed E-state index contributed by atoms with van der Waals surface area (Å²) in [5.41, 5.74) is -0.699. The van der Waals surface area contributed by atoms with Gasteiger partial charge in [0.2, 0.25) is 0 Å². The van der Waals surface area contributed by atoms with Crippen LogP contribution in [0.4, 0.5) is 13.2 Å². The first-order chi connectivity index (χ1) is 6.98. The molecule has 0 N–H and O–H groups in total. The predicted octanol–water partition coefficient (Wildman–Crippen LogP) is 2.20. The lowest BCUT2D eigenvalue weighted by Crippen LogP contribution is -2.29. The largest absolute Gasteiger partial charge is 0.413 e. The van der Waals surface area contributed by atoms with E-state index in [1.54, 1.807) is 6.08 Å². The number of hydrogen-bond donors (Lipinski definition) is 0. The number of alkyl halides is 3. The molecular formula is C10H6F3NO. The molecule has 0 spiro atoms. The average Bonchev–Trinajstić information content (AvgIpc) is 2.15. The fourth-order valence-electron chi connectivity index (χ4n) is 1.54. The molecule has 78 valence electrons. The highest BCUT2D eigenvalue weighted by Crippen LogP contribution is 2.36. The maximum absolute atomic E-state index is 12.6. The molecule has 0 aromatic carbocycles. The van der Waals surface area contributed by atoms with Crippen LogP contribution in [0.1, 0.15) is 0 Å². The summed E-state index contributed by atoms with van der Waals surface area (Å²) in [5, 5.41) is 0. The molecule has 0 saturated heterocycles. The number of allylic oxidation sites excluding steroid dienone is 5. The van der Waals surface area contributed by atoms with Crippen LogP contribution in [0.5, 0.6) is 0 Å². The van der Waals surface area contributed by atoms with Gasteiger partial charge in [-0.1, -0.05) is 18.2 Å². The van der Waals surface area contributed by atoms with Crippen molar-refractivity contribution in [3.05, 3.63) is 36.0 Å². The van der Waals surface area contributed by atoms with E-state index in [1.165, 1.54) is 18.2 Å². The van der Waals surface area contributed by atoms with Gasteiger partial charge in [-0.3, -0.25) is 4.79 Å². The van der Waals surface area contributed by atoms with Crippen molar-refractivity contribution in [1.82, 2.24) is 0 Å². The standard InChI is InChI=1S/C10H6F3NO/c11-10(12,13)7-5-9(15)14-8-4-2-1-3-6(7)8/h1-6H. The van der Waals surface area contributed by atoms with Gasteiger partial charge in [0.1, 0.15) is 0 Å². The Balaban J connectivity index is 2.45. The summed E-state index contributed by atoms with van der Waals surface area (Å²) < 4.78 is 37.7. The maximum Gasteiger partial charge on any atom is 0.413 e. The van der Waals surface area contributed by atoms with Crippen molar-refractivity contribution in [1.29, 1.82) is 0 Å². The fraction of sp³-hybridized carbons (Fsp3) is 0.200. The van der Waals surface area contributed by atoms with Crippen LogP contribution in [0.15, 0.2) is 40.9 Å². The molecule has 15 heavy (non-hydrogen) atoms. The van der Waals surface area contributed by atoms with Crippen molar-refractivity contribution in [3.63, 3.8) is 0 Å². The highest BCUT2D eigenvalue weighted by molar-refractivity contribution is 6.12. The van der Waals surface area contributed by atoms with E-state index in [1.807, 2.05) is 0 Å². The summed E-state index contributed by atoms with van der Waals surface area (Å²) >= 11 is 0. The van der Waals surface area contributed by atoms with E-state index in [0.717, 1.165) is 0 Å². The van der Waals surface area contributed by atoms with Crippen LogP contribution in [0, 0.1) is 5.92 Å². The Labute approximate surface area is 83.5 Å². The first-order valence-corrected chi connectivity index (χ1v) is 4.24. The Morgan fingerprint density at radius 2 is 2.00 bits per heavy atom. The van der Waals surface area contributed by atoms with Gasteiger partial charge < -0.3 is 0 Å². The van der Waals surface area contributed by atoms with Gasteiger partial charge in [-0.05, 0) is 6.08 Å². The molecule has 1 atom stereocenters. The zero-order valence-electron chi connectivity index (χ0n) is 7.45. The molecule has 2 nitrogen and oxygen atoms in total. The van der Waals surface area contributed by atoms with E-state index < -0.39 is 23.6 Å². The second-order valence-corrected chi connectivity index (χ2v) is 3.19. The van der Waals surface area contributed by atoms with E-state index in [-0.39, 0.29) is 5.71 Å². The Bertz CT molecular complexity index is 426. The molecule has 1 heterocycles. The lowest BCUT2D eigenvalue weighted by molar-refractivity contribution is -0.116. The minimum atomic E-state index is -4.49. The smallest absolute Gasteiger partial charge is 0.267 e. The van der Waals surface area contributed by atoms with Crippen molar-refractivity contribution in [3.8, 4) is 0 Å². The Kier molecular flexibility index (Phi) is 2.10. The van der Waals surface area contributed by atoms with E-state index >= 15 is 0 Å². The number of hydrogen-bond acceptors (Lipinski definition) is 1. The molecule has 1 unspecified atom stereocenters. The van der Waals surface area contributed by atoms with Crippen LogP contribution >= 0.6 is 0 Å². The summed E-state index contributed by atoms with van der Waals surface area (Å²) in [7, 11) is 0. The molecule has 1 aliphatic heterocycles. The minimum absolute atomic E-state index is 0.150. The van der Waals surface area contributed by atoms with Crippen molar-refractivity contribution in [2.24, 2.45) is 10.9 Å². The number of carbonyl (C=O) groups excluding carboxylic acids is 1. The molecule has 1 aliphatic carbocycles. The second kappa shape index (κ2) is 3.18. The number of rotatable bonds is 0. The van der Waals surface area contributed by atoms with Gasteiger partial charge >= 0.3 is 6.18 Å². The van der Waals surface area contributed by atoms with E-state index in [9.17, 15) is 18.0 Å². The van der Waals surface area contributed by atoms with Crippen molar-refractivity contribution < 1.29 is 18.0 Å². The number of carbonyl (C=O) groups is 1. The Morgan fingerprint density at radius 1 is 1.27 bits per heavy atom. The monoisotopic (exact) mass is 213 g/mol. The van der Waals surface area contributed by atoms with Gasteiger partial charge in [0.15, 0.2) is 0 Å². The predicted molar refractivity (Wildman–Crippen MR) is 48.4 cm³/mol. The molecule has 0 aromatic rings. The number of fused-ring (bicyclic) bond motifs is 1. The molecule has 5 heteroatoms. The number of halogens is 3. The second-order valence-electron chi connectivity index (χ2n) is 3.19. The lowest BCUT2D eigenvalue weighted by Gasteiger charge is -2.23. The van der Waals surface area contributed by atoms with E-state index in [0.29, 0.717) is 6.08 Å². The molecule has 2 aliphatic rings. The molecule has 0 aromatic heterocycles. The molecule has 2 rings (SSSR count). The highest BCUT2D eigenvalue weighted by Gasteiger charge is 2.41. The Hall–Kier alpha value is -1.65. The molecule has 1 amide bonds. The SMILES string of the molecule is O=C1C=C(C(F)(F)F)C2C=CC=CC2=N1. The van der Waals surface area contributed by atoms with Crippen LogP contribution < -0.4 is 0 Å². The van der Waals surface area contributed by atoms with Gasteiger partial charge in [-0.25, -0.2) is 4.99 Å². The molecule has 0 saturated carbocycles. The summed E-state index contributed by atoms with van der Waals surface area (Å²) in [6.07, 6.45) is 1.93. The molecule has 0 bridgehead atoms. The highest BCUT2D eigenvalue weighted by atomic mass is 19.4. The van der Waals surface area contributed by atoms with Gasteiger partial charge in [0, 0.05) is 12.0 Å². The van der Waals surface area contributed by atoms with Crippen molar-refractivity contribution in [2.45, 2.75) is 6.18 Å². The first-order valence-electron chi connectivity index (χ1n) is 4.24. The van der Waals surface area contributed by atoms with Gasteiger partial charge in [-0.2, -0.15) is 13.2 Å². The molecular weight excluding hydrogens is 207 g/mol. The summed E-state index contributed by atoms with van der Waals surface area (Å²) in [6, 6.07) is 0. The van der Waals surface area contributed by atoms with Crippen LogP contribution in [-0.2, 0) is 4.79 Å². The quantitative estimate of drug-likeness (QED) is 0.606. The Morgan fingerprint density at radius 3 is 2.67 bits per heavy atom. The summed E-state index contributed by atoms with van der Waals surface area (Å²) in [4.78, 5) is 14.5. The minimum Gasteiger partial charge on any atom is -0.267 e. The fourth-order valence-corrected chi connectivity index (χ4v) is 1.54. The third-order valence-electron chi connectivity index (χ3n) is 2.18. The normalized spacial score (nSPS) is 24.7. The zero-order chi connectivity index (χ0) is 11.1. The summed E-state index contributed by atoms with van der Waals surface area (Å²) in [6.45, 7) is 0.